The summed E-state index contributed by atoms with van der Waals surface area (Å²) in [5.74, 6) is -0.504. The molecular formula is C13H16N2O5. The number of ether oxygens (including phenoxy) is 2. The number of rotatable bonds is 4. The largest absolute Gasteiger partial charge is 0.497 e. The molecule has 1 unspecified atom stereocenters. The highest BCUT2D eigenvalue weighted by Gasteiger charge is 2.44. The number of hydrogen-bond acceptors (Lipinski definition) is 4. The third-order valence-electron chi connectivity index (χ3n) is 3.11. The average molecular weight is 280 g/mol. The first-order valence-electron chi connectivity index (χ1n) is 6.10. The Morgan fingerprint density at radius 2 is 2.25 bits per heavy atom. The minimum absolute atomic E-state index is 0.0339. The predicted molar refractivity (Wildman–Crippen MR) is 71.0 cm³/mol. The van der Waals surface area contributed by atoms with Crippen LogP contribution in [-0.4, -0.2) is 43.0 Å². The van der Waals surface area contributed by atoms with Gasteiger partial charge in [-0.3, -0.25) is 0 Å². The number of aliphatic carboxylic acids is 1. The Morgan fingerprint density at radius 3 is 2.85 bits per heavy atom. The maximum atomic E-state index is 11.9. The second-order valence-electron chi connectivity index (χ2n) is 4.50. The second kappa shape index (κ2) is 5.79. The first-order chi connectivity index (χ1) is 9.55. The topological polar surface area (TPSA) is 96.9 Å². The van der Waals surface area contributed by atoms with E-state index in [2.05, 4.69) is 10.6 Å². The normalized spacial score (nSPS) is 21.2. The number of carbonyl (C=O) groups excluding carboxylic acids is 1. The van der Waals surface area contributed by atoms with Crippen LogP contribution in [0.2, 0.25) is 0 Å². The molecule has 1 atom stereocenters. The van der Waals surface area contributed by atoms with Crippen molar-refractivity contribution in [2.24, 2.45) is 0 Å². The zero-order chi connectivity index (χ0) is 14.6. The van der Waals surface area contributed by atoms with Crippen LogP contribution in [0.3, 0.4) is 0 Å². The average Bonchev–Trinajstić information content (AvgIpc) is 2.88. The van der Waals surface area contributed by atoms with Crippen LogP contribution in [0.25, 0.3) is 0 Å². The van der Waals surface area contributed by atoms with Gasteiger partial charge in [-0.05, 0) is 12.1 Å². The van der Waals surface area contributed by atoms with Crippen LogP contribution < -0.4 is 15.4 Å². The molecule has 0 radical (unpaired) electrons. The molecule has 2 rings (SSSR count). The summed E-state index contributed by atoms with van der Waals surface area (Å²) in [4.78, 5) is 23.2. The van der Waals surface area contributed by atoms with Gasteiger partial charge in [-0.15, -0.1) is 0 Å². The highest BCUT2D eigenvalue weighted by Crippen LogP contribution is 2.20. The molecule has 1 aromatic rings. The maximum absolute atomic E-state index is 11.9. The smallest absolute Gasteiger partial charge is 0.332 e. The van der Waals surface area contributed by atoms with E-state index in [0.29, 0.717) is 18.0 Å². The standard InChI is InChI=1S/C13H16N2O5/c1-19-10-4-2-3-9(7-10)14-12(18)15-13(11(16)17)5-6-20-8-13/h2-4,7H,5-6,8H2,1H3,(H,16,17)(H2,14,15,18). The first kappa shape index (κ1) is 14.1. The van der Waals surface area contributed by atoms with Gasteiger partial charge in [0.1, 0.15) is 5.75 Å². The van der Waals surface area contributed by atoms with Crippen molar-refractivity contribution < 1.29 is 24.2 Å². The van der Waals surface area contributed by atoms with Crippen molar-refractivity contribution in [3.8, 4) is 5.75 Å². The summed E-state index contributed by atoms with van der Waals surface area (Å²) < 4.78 is 10.1. The van der Waals surface area contributed by atoms with Gasteiger partial charge in [-0.1, -0.05) is 6.07 Å². The van der Waals surface area contributed by atoms with Crippen molar-refractivity contribution in [3.05, 3.63) is 24.3 Å². The van der Waals surface area contributed by atoms with Crippen molar-refractivity contribution in [3.63, 3.8) is 0 Å². The lowest BCUT2D eigenvalue weighted by atomic mass is 9.99. The number of nitrogens with one attached hydrogen (secondary N) is 2. The summed E-state index contributed by atoms with van der Waals surface area (Å²) in [5.41, 5.74) is -0.843. The number of anilines is 1. The van der Waals surface area contributed by atoms with Gasteiger partial charge in [0, 0.05) is 24.8 Å². The molecule has 1 aromatic carbocycles. The van der Waals surface area contributed by atoms with E-state index >= 15 is 0 Å². The van der Waals surface area contributed by atoms with Gasteiger partial charge in [0.05, 0.1) is 13.7 Å². The van der Waals surface area contributed by atoms with Gasteiger partial charge in [-0.25, -0.2) is 9.59 Å². The molecule has 0 saturated carbocycles. The minimum atomic E-state index is -1.36. The van der Waals surface area contributed by atoms with Crippen LogP contribution in [0.1, 0.15) is 6.42 Å². The summed E-state index contributed by atoms with van der Waals surface area (Å²) in [6.07, 6.45) is 0.244. The lowest BCUT2D eigenvalue weighted by molar-refractivity contribution is -0.144. The summed E-state index contributed by atoms with van der Waals surface area (Å²) in [6.45, 7) is 0.277. The van der Waals surface area contributed by atoms with E-state index in [1.165, 1.54) is 7.11 Å². The highest BCUT2D eigenvalue weighted by atomic mass is 16.5. The fourth-order valence-corrected chi connectivity index (χ4v) is 1.97. The summed E-state index contributed by atoms with van der Waals surface area (Å²) in [7, 11) is 1.52. The van der Waals surface area contributed by atoms with E-state index < -0.39 is 17.5 Å². The number of hydrogen-bond donors (Lipinski definition) is 3. The first-order valence-corrected chi connectivity index (χ1v) is 6.10. The lowest BCUT2D eigenvalue weighted by Crippen LogP contribution is -2.56. The highest BCUT2D eigenvalue weighted by molar-refractivity contribution is 5.94. The molecule has 0 spiro atoms. The number of carboxylic acid groups (broad SMARTS) is 1. The maximum Gasteiger partial charge on any atom is 0.332 e. The van der Waals surface area contributed by atoms with Crippen molar-refractivity contribution in [1.29, 1.82) is 0 Å². The summed E-state index contributed by atoms with van der Waals surface area (Å²) in [5, 5.41) is 14.3. The van der Waals surface area contributed by atoms with Crippen LogP contribution in [-0.2, 0) is 9.53 Å². The Labute approximate surface area is 115 Å². The SMILES string of the molecule is COc1cccc(NC(=O)NC2(C(=O)O)CCOC2)c1. The van der Waals surface area contributed by atoms with E-state index in [0.717, 1.165) is 0 Å². The molecule has 108 valence electrons. The number of carbonyl (C=O) groups is 2. The Hall–Kier alpha value is -2.28. The van der Waals surface area contributed by atoms with Crippen molar-refractivity contribution in [1.82, 2.24) is 5.32 Å². The van der Waals surface area contributed by atoms with E-state index in [-0.39, 0.29) is 13.0 Å². The molecule has 0 aliphatic carbocycles. The Kier molecular flexibility index (Phi) is 4.09. The quantitative estimate of drug-likeness (QED) is 0.766. The molecule has 7 nitrogen and oxygen atoms in total. The molecule has 20 heavy (non-hydrogen) atoms. The van der Waals surface area contributed by atoms with Gasteiger partial charge in [0.15, 0.2) is 5.54 Å². The Bertz CT molecular complexity index is 511. The molecule has 1 aliphatic heterocycles. The number of benzene rings is 1. The van der Waals surface area contributed by atoms with E-state index in [1.807, 2.05) is 0 Å². The number of carboxylic acids is 1. The van der Waals surface area contributed by atoms with Crippen molar-refractivity contribution in [2.45, 2.75) is 12.0 Å². The minimum Gasteiger partial charge on any atom is -0.497 e. The third kappa shape index (κ3) is 3.00. The Morgan fingerprint density at radius 1 is 1.45 bits per heavy atom. The van der Waals surface area contributed by atoms with Crippen LogP contribution >= 0.6 is 0 Å². The second-order valence-corrected chi connectivity index (χ2v) is 4.50. The lowest BCUT2D eigenvalue weighted by Gasteiger charge is -2.23. The van der Waals surface area contributed by atoms with Crippen molar-refractivity contribution >= 4 is 17.7 Å². The fraction of sp³-hybridized carbons (Fsp3) is 0.385. The zero-order valence-electron chi connectivity index (χ0n) is 11.0. The molecule has 1 saturated heterocycles. The molecule has 0 aromatic heterocycles. The molecule has 0 bridgehead atoms. The molecule has 1 heterocycles. The fourth-order valence-electron chi connectivity index (χ4n) is 1.97. The number of amides is 2. The predicted octanol–water partition coefficient (Wildman–Crippen LogP) is 1.06. The summed E-state index contributed by atoms with van der Waals surface area (Å²) in [6, 6.07) is 6.19. The van der Waals surface area contributed by atoms with Gasteiger partial charge in [-0.2, -0.15) is 0 Å². The Balaban J connectivity index is 2.02. The van der Waals surface area contributed by atoms with E-state index in [4.69, 9.17) is 9.47 Å². The van der Waals surface area contributed by atoms with E-state index in [1.54, 1.807) is 24.3 Å². The molecule has 7 heteroatoms. The monoisotopic (exact) mass is 280 g/mol. The van der Waals surface area contributed by atoms with Gasteiger partial charge < -0.3 is 25.2 Å². The number of methoxy groups -OCH3 is 1. The number of urea groups is 1. The van der Waals surface area contributed by atoms with Crippen LogP contribution in [0.4, 0.5) is 10.5 Å². The molecule has 3 N–H and O–H groups in total. The third-order valence-corrected chi connectivity index (χ3v) is 3.11. The zero-order valence-corrected chi connectivity index (χ0v) is 11.0. The molecule has 1 fully saturated rings. The van der Waals surface area contributed by atoms with E-state index in [9.17, 15) is 14.7 Å². The van der Waals surface area contributed by atoms with Gasteiger partial charge in [0.25, 0.3) is 0 Å². The van der Waals surface area contributed by atoms with Crippen LogP contribution in [0, 0.1) is 0 Å². The van der Waals surface area contributed by atoms with Crippen LogP contribution in [0.5, 0.6) is 5.75 Å². The molecule has 1 aliphatic rings. The van der Waals surface area contributed by atoms with Crippen LogP contribution in [0.15, 0.2) is 24.3 Å². The molecule has 2 amide bonds. The van der Waals surface area contributed by atoms with Gasteiger partial charge in [0.2, 0.25) is 0 Å². The van der Waals surface area contributed by atoms with Crippen molar-refractivity contribution in [2.75, 3.05) is 25.6 Å². The van der Waals surface area contributed by atoms with Gasteiger partial charge >= 0.3 is 12.0 Å². The summed E-state index contributed by atoms with van der Waals surface area (Å²) >= 11 is 0. The molecular weight excluding hydrogens is 264 g/mol.